The molecule has 4 rings (SSSR count). The van der Waals surface area contributed by atoms with E-state index in [-0.39, 0.29) is 28.2 Å². The van der Waals surface area contributed by atoms with Crippen LogP contribution in [0.4, 0.5) is 17.6 Å². The van der Waals surface area contributed by atoms with Gasteiger partial charge in [0.05, 0.1) is 18.8 Å². The van der Waals surface area contributed by atoms with Crippen LogP contribution in [-0.2, 0) is 9.47 Å². The fourth-order valence-electron chi connectivity index (χ4n) is 4.46. The number of hydrogen-bond acceptors (Lipinski definition) is 2. The first-order chi connectivity index (χ1) is 19.4. The van der Waals surface area contributed by atoms with Crippen molar-refractivity contribution in [3.8, 4) is 57.8 Å². The molecule has 2 nitrogen and oxygen atoms in total. The summed E-state index contributed by atoms with van der Waals surface area (Å²) in [5.41, 5.74) is 0.673. The van der Waals surface area contributed by atoms with E-state index in [9.17, 15) is 8.78 Å². The molecule has 0 N–H and O–H groups in total. The summed E-state index contributed by atoms with van der Waals surface area (Å²) < 4.78 is 71.0. The maximum Gasteiger partial charge on any atom is 0.186 e. The van der Waals surface area contributed by atoms with Gasteiger partial charge in [0.2, 0.25) is 0 Å². The number of hydrogen-bond donors (Lipinski definition) is 0. The first-order valence-corrected chi connectivity index (χ1v) is 13.2. The number of benzene rings is 3. The summed E-state index contributed by atoms with van der Waals surface area (Å²) >= 11 is 0. The summed E-state index contributed by atoms with van der Waals surface area (Å²) in [6, 6.07) is 11.8. The van der Waals surface area contributed by atoms with Crippen molar-refractivity contribution in [2.75, 3.05) is 13.2 Å². The number of rotatable bonds is 7. The van der Waals surface area contributed by atoms with Crippen molar-refractivity contribution < 1.29 is 27.0 Å². The van der Waals surface area contributed by atoms with Crippen LogP contribution in [0.15, 0.2) is 48.5 Å². The third kappa shape index (κ3) is 6.75. The molecular formula is C34H28F4O2. The van der Waals surface area contributed by atoms with E-state index in [1.54, 1.807) is 6.92 Å². The SMILES string of the molecule is CC#CC#CC#Cc1ccc(-c2ccc(-c3ccc(C4OCC(CCCCC)CO4)c(F)c3F)cc2)c(F)c1F. The highest BCUT2D eigenvalue weighted by atomic mass is 19.2. The third-order valence-corrected chi connectivity index (χ3v) is 6.65. The second kappa shape index (κ2) is 13.9. The molecular weight excluding hydrogens is 516 g/mol. The van der Waals surface area contributed by atoms with Crippen molar-refractivity contribution in [2.45, 2.75) is 45.8 Å². The third-order valence-electron chi connectivity index (χ3n) is 6.65. The smallest absolute Gasteiger partial charge is 0.186 e. The van der Waals surface area contributed by atoms with Crippen LogP contribution in [0, 0.1) is 64.7 Å². The zero-order valence-corrected chi connectivity index (χ0v) is 22.3. The van der Waals surface area contributed by atoms with Crippen molar-refractivity contribution in [1.82, 2.24) is 0 Å². The monoisotopic (exact) mass is 544 g/mol. The fourth-order valence-corrected chi connectivity index (χ4v) is 4.46. The molecule has 6 heteroatoms. The van der Waals surface area contributed by atoms with Crippen molar-refractivity contribution in [3.05, 3.63) is 82.9 Å². The van der Waals surface area contributed by atoms with Crippen LogP contribution in [0.1, 0.15) is 56.9 Å². The lowest BCUT2D eigenvalue weighted by molar-refractivity contribution is -0.207. The Kier molecular flexibility index (Phi) is 10.0. The minimum atomic E-state index is -1.10. The lowest BCUT2D eigenvalue weighted by atomic mass is 9.97. The highest BCUT2D eigenvalue weighted by molar-refractivity contribution is 5.72. The Morgan fingerprint density at radius 3 is 1.93 bits per heavy atom. The molecule has 0 atom stereocenters. The minimum Gasteiger partial charge on any atom is -0.348 e. The van der Waals surface area contributed by atoms with Crippen LogP contribution in [0.5, 0.6) is 0 Å². The van der Waals surface area contributed by atoms with E-state index in [1.807, 2.05) is 0 Å². The molecule has 1 aliphatic heterocycles. The van der Waals surface area contributed by atoms with Gasteiger partial charge in [-0.1, -0.05) is 68.5 Å². The molecule has 0 aromatic heterocycles. The molecule has 3 aromatic rings. The first-order valence-electron chi connectivity index (χ1n) is 13.2. The van der Waals surface area contributed by atoms with Gasteiger partial charge in [-0.3, -0.25) is 0 Å². The second-order valence-corrected chi connectivity index (χ2v) is 9.43. The maximum atomic E-state index is 15.1. The van der Waals surface area contributed by atoms with Gasteiger partial charge >= 0.3 is 0 Å². The molecule has 1 fully saturated rings. The largest absolute Gasteiger partial charge is 0.348 e. The van der Waals surface area contributed by atoms with Crippen LogP contribution >= 0.6 is 0 Å². The van der Waals surface area contributed by atoms with Gasteiger partial charge in [-0.15, -0.1) is 0 Å². The van der Waals surface area contributed by atoms with Gasteiger partial charge in [-0.2, -0.15) is 0 Å². The van der Waals surface area contributed by atoms with E-state index >= 15 is 8.78 Å². The average molecular weight is 545 g/mol. The van der Waals surface area contributed by atoms with Crippen LogP contribution in [-0.4, -0.2) is 13.2 Å². The second-order valence-electron chi connectivity index (χ2n) is 9.43. The summed E-state index contributed by atoms with van der Waals surface area (Å²) in [7, 11) is 0. The van der Waals surface area contributed by atoms with Gasteiger partial charge in [0.25, 0.3) is 0 Å². The lowest BCUT2D eigenvalue weighted by Gasteiger charge is -2.30. The minimum absolute atomic E-state index is 0.00916. The zero-order chi connectivity index (χ0) is 28.5. The summed E-state index contributed by atoms with van der Waals surface area (Å²) in [4.78, 5) is 0. The summed E-state index contributed by atoms with van der Waals surface area (Å²) in [6.07, 6.45) is 3.37. The quantitative estimate of drug-likeness (QED) is 0.170. The Balaban J connectivity index is 1.49. The van der Waals surface area contributed by atoms with E-state index in [2.05, 4.69) is 42.4 Å². The van der Waals surface area contributed by atoms with E-state index in [1.165, 1.54) is 48.5 Å². The first kappa shape index (κ1) is 29.0. The molecule has 1 saturated heterocycles. The zero-order valence-electron chi connectivity index (χ0n) is 22.3. The molecule has 1 heterocycles. The molecule has 1 aliphatic rings. The van der Waals surface area contributed by atoms with Crippen LogP contribution in [0.3, 0.4) is 0 Å². The van der Waals surface area contributed by atoms with Crippen molar-refractivity contribution >= 4 is 0 Å². The topological polar surface area (TPSA) is 18.5 Å². The number of ether oxygens (including phenoxy) is 2. The van der Waals surface area contributed by atoms with Crippen molar-refractivity contribution in [2.24, 2.45) is 5.92 Å². The van der Waals surface area contributed by atoms with Crippen LogP contribution < -0.4 is 0 Å². The summed E-state index contributed by atoms with van der Waals surface area (Å²) in [5.74, 6) is 10.9. The molecule has 0 unspecified atom stereocenters. The van der Waals surface area contributed by atoms with E-state index < -0.39 is 29.6 Å². The average Bonchev–Trinajstić information content (AvgIpc) is 2.97. The van der Waals surface area contributed by atoms with Crippen molar-refractivity contribution in [1.29, 1.82) is 0 Å². The van der Waals surface area contributed by atoms with E-state index in [0.717, 1.165) is 25.7 Å². The van der Waals surface area contributed by atoms with Gasteiger partial charge in [0.15, 0.2) is 29.6 Å². The molecule has 3 aromatic carbocycles. The Hall–Kier alpha value is -4.02. The van der Waals surface area contributed by atoms with E-state index in [4.69, 9.17) is 9.47 Å². The molecule has 0 spiro atoms. The molecule has 40 heavy (non-hydrogen) atoms. The standard InChI is InChI=1S/C34H28F4O2/c1-3-5-7-8-10-12-26-17-18-27(31(36)30(26)35)24-13-15-25(16-14-24)28-19-20-29(33(38)32(28)37)34-39-21-23(22-40-34)11-9-6-4-2/h13-20,23,34H,4,6,9,11,21-22H2,1-2H3. The predicted octanol–water partition coefficient (Wildman–Crippen LogP) is 8.20. The van der Waals surface area contributed by atoms with Gasteiger partial charge in [-0.25, -0.2) is 17.6 Å². The summed E-state index contributed by atoms with van der Waals surface area (Å²) in [6.45, 7) is 4.63. The molecule has 0 bridgehead atoms. The lowest BCUT2D eigenvalue weighted by Crippen LogP contribution is -2.27. The molecule has 0 amide bonds. The Labute approximate surface area is 232 Å². The van der Waals surface area contributed by atoms with Gasteiger partial charge in [-0.05, 0) is 66.2 Å². The normalized spacial score (nSPS) is 16.1. The van der Waals surface area contributed by atoms with Crippen LogP contribution in [0.25, 0.3) is 22.3 Å². The summed E-state index contributed by atoms with van der Waals surface area (Å²) in [5, 5.41) is 0. The molecule has 204 valence electrons. The predicted molar refractivity (Wildman–Crippen MR) is 148 cm³/mol. The number of halogens is 4. The fraction of sp³-hybridized carbons (Fsp3) is 0.294. The van der Waals surface area contributed by atoms with Crippen LogP contribution in [0.2, 0.25) is 0 Å². The Morgan fingerprint density at radius 2 is 1.30 bits per heavy atom. The molecule has 0 radical (unpaired) electrons. The van der Waals surface area contributed by atoms with Gasteiger partial charge < -0.3 is 9.47 Å². The molecule has 0 aliphatic carbocycles. The molecule has 0 saturated carbocycles. The Morgan fingerprint density at radius 1 is 0.700 bits per heavy atom. The maximum absolute atomic E-state index is 15.1. The van der Waals surface area contributed by atoms with Gasteiger partial charge in [0.1, 0.15) is 0 Å². The highest BCUT2D eigenvalue weighted by Crippen LogP contribution is 2.35. The number of unbranched alkanes of at least 4 members (excludes halogenated alkanes) is 2. The van der Waals surface area contributed by atoms with Crippen molar-refractivity contribution in [3.63, 3.8) is 0 Å². The highest BCUT2D eigenvalue weighted by Gasteiger charge is 2.28. The Bertz CT molecular complexity index is 1530. The van der Waals surface area contributed by atoms with Gasteiger partial charge in [0, 0.05) is 22.6 Å². The van der Waals surface area contributed by atoms with E-state index in [0.29, 0.717) is 24.3 Å².